The number of nitrogens with zero attached hydrogens (tertiary/aromatic N) is 1. The first kappa shape index (κ1) is 11.0. The standard InChI is InChI=1S/C8H5F3N2O2/c9-4-1-5(10)8(11)6(2-4)13-7(14)3-12-15/h1-3,15H,(H,13,14). The zero-order valence-corrected chi connectivity index (χ0v) is 7.17. The van der Waals surface area contributed by atoms with Crippen LogP contribution >= 0.6 is 0 Å². The number of nitrogens with one attached hydrogen (secondary N) is 1. The van der Waals surface area contributed by atoms with Crippen LogP contribution in [0.4, 0.5) is 18.9 Å². The van der Waals surface area contributed by atoms with Crippen molar-refractivity contribution in [2.24, 2.45) is 5.16 Å². The topological polar surface area (TPSA) is 61.7 Å². The molecule has 0 unspecified atom stereocenters. The number of hydrogen-bond donors (Lipinski definition) is 2. The molecule has 1 aromatic carbocycles. The van der Waals surface area contributed by atoms with Crippen LogP contribution in [0.15, 0.2) is 17.3 Å². The first-order valence-electron chi connectivity index (χ1n) is 3.67. The summed E-state index contributed by atoms with van der Waals surface area (Å²) in [6, 6.07) is 0.937. The van der Waals surface area contributed by atoms with Crippen molar-refractivity contribution >= 4 is 17.8 Å². The summed E-state index contributed by atoms with van der Waals surface area (Å²) in [5.74, 6) is -4.87. The second-order valence-corrected chi connectivity index (χ2v) is 2.48. The average Bonchev–Trinajstić information content (AvgIpc) is 2.13. The fraction of sp³-hybridized carbons (Fsp3) is 0. The lowest BCUT2D eigenvalue weighted by atomic mass is 10.3. The fourth-order valence-corrected chi connectivity index (χ4v) is 0.864. The minimum absolute atomic E-state index is 0.338. The predicted octanol–water partition coefficient (Wildman–Crippen LogP) is 1.50. The average molecular weight is 218 g/mol. The molecule has 0 bridgehead atoms. The smallest absolute Gasteiger partial charge is 0.270 e. The van der Waals surface area contributed by atoms with Gasteiger partial charge < -0.3 is 10.5 Å². The van der Waals surface area contributed by atoms with Crippen LogP contribution in [0.3, 0.4) is 0 Å². The summed E-state index contributed by atoms with van der Waals surface area (Å²) in [7, 11) is 0. The molecule has 0 aliphatic carbocycles. The van der Waals surface area contributed by atoms with Gasteiger partial charge in [-0.2, -0.15) is 0 Å². The molecule has 0 fully saturated rings. The van der Waals surface area contributed by atoms with Crippen LogP contribution in [-0.4, -0.2) is 17.3 Å². The summed E-state index contributed by atoms with van der Waals surface area (Å²) in [5, 5.41) is 12.1. The molecule has 15 heavy (non-hydrogen) atoms. The SMILES string of the molecule is O=C(C=NO)Nc1cc(F)cc(F)c1F. The number of carbonyl (C=O) groups excluding carboxylic acids is 1. The van der Waals surface area contributed by atoms with Crippen LogP contribution in [0.1, 0.15) is 0 Å². The maximum absolute atomic E-state index is 12.9. The van der Waals surface area contributed by atoms with E-state index in [9.17, 15) is 18.0 Å². The van der Waals surface area contributed by atoms with Gasteiger partial charge in [0.2, 0.25) is 0 Å². The summed E-state index contributed by atoms with van der Waals surface area (Å²) >= 11 is 0. The van der Waals surface area contributed by atoms with Gasteiger partial charge in [0.15, 0.2) is 11.6 Å². The van der Waals surface area contributed by atoms with Crippen LogP contribution < -0.4 is 5.32 Å². The molecule has 80 valence electrons. The number of hydrogen-bond acceptors (Lipinski definition) is 3. The third-order valence-electron chi connectivity index (χ3n) is 1.43. The van der Waals surface area contributed by atoms with Gasteiger partial charge in [0, 0.05) is 12.1 Å². The third-order valence-corrected chi connectivity index (χ3v) is 1.43. The van der Waals surface area contributed by atoms with Gasteiger partial charge in [0.1, 0.15) is 12.0 Å². The van der Waals surface area contributed by atoms with Crippen LogP contribution in [0.5, 0.6) is 0 Å². The van der Waals surface area contributed by atoms with E-state index in [1.54, 1.807) is 5.32 Å². The summed E-state index contributed by atoms with van der Waals surface area (Å²) in [6.07, 6.45) is 0.419. The van der Waals surface area contributed by atoms with Crippen molar-refractivity contribution in [2.45, 2.75) is 0 Å². The molecule has 0 spiro atoms. The molecule has 1 rings (SSSR count). The predicted molar refractivity (Wildman–Crippen MR) is 45.2 cm³/mol. The summed E-state index contributed by atoms with van der Waals surface area (Å²) in [6.45, 7) is 0. The van der Waals surface area contributed by atoms with Crippen LogP contribution in [0.25, 0.3) is 0 Å². The number of halogens is 3. The molecule has 0 heterocycles. The lowest BCUT2D eigenvalue weighted by molar-refractivity contribution is -0.110. The van der Waals surface area contributed by atoms with E-state index >= 15 is 0 Å². The minimum Gasteiger partial charge on any atom is -0.411 e. The second-order valence-electron chi connectivity index (χ2n) is 2.48. The lowest BCUT2D eigenvalue weighted by Gasteiger charge is -2.03. The van der Waals surface area contributed by atoms with Crippen LogP contribution in [-0.2, 0) is 4.79 Å². The van der Waals surface area contributed by atoms with Gasteiger partial charge in [0.25, 0.3) is 5.91 Å². The molecular weight excluding hydrogens is 213 g/mol. The molecule has 0 atom stereocenters. The van der Waals surface area contributed by atoms with Crippen molar-refractivity contribution < 1.29 is 23.2 Å². The van der Waals surface area contributed by atoms with E-state index in [4.69, 9.17) is 5.21 Å². The van der Waals surface area contributed by atoms with Gasteiger partial charge in [-0.3, -0.25) is 4.79 Å². The van der Waals surface area contributed by atoms with E-state index < -0.39 is 29.0 Å². The van der Waals surface area contributed by atoms with E-state index in [0.29, 0.717) is 18.3 Å². The molecule has 0 aliphatic rings. The molecular formula is C8H5F3N2O2. The molecule has 4 nitrogen and oxygen atoms in total. The molecule has 0 aliphatic heterocycles. The molecule has 0 radical (unpaired) electrons. The highest BCUT2D eigenvalue weighted by Gasteiger charge is 2.12. The van der Waals surface area contributed by atoms with E-state index in [2.05, 4.69) is 5.16 Å². The normalized spacial score (nSPS) is 10.6. The van der Waals surface area contributed by atoms with Crippen molar-refractivity contribution in [2.75, 3.05) is 5.32 Å². The second kappa shape index (κ2) is 4.45. The molecule has 2 N–H and O–H groups in total. The number of benzene rings is 1. The first-order chi connectivity index (χ1) is 7.04. The van der Waals surface area contributed by atoms with E-state index in [-0.39, 0.29) is 0 Å². The Morgan fingerprint density at radius 2 is 2.07 bits per heavy atom. The third kappa shape index (κ3) is 2.70. The molecule has 0 saturated heterocycles. The van der Waals surface area contributed by atoms with Crippen LogP contribution in [0.2, 0.25) is 0 Å². The Labute approximate surface area is 82.0 Å². The molecule has 1 amide bonds. The Morgan fingerprint density at radius 1 is 1.40 bits per heavy atom. The number of carbonyl (C=O) groups is 1. The lowest BCUT2D eigenvalue weighted by Crippen LogP contribution is -2.14. The monoisotopic (exact) mass is 218 g/mol. The number of rotatable bonds is 2. The van der Waals surface area contributed by atoms with Gasteiger partial charge in [-0.05, 0) is 0 Å². The Hall–Kier alpha value is -2.05. The molecule has 1 aromatic rings. The Kier molecular flexibility index (Phi) is 3.27. The quantitative estimate of drug-likeness (QED) is 0.342. The van der Waals surface area contributed by atoms with E-state index in [0.717, 1.165) is 0 Å². The Bertz CT molecular complexity index is 421. The van der Waals surface area contributed by atoms with Gasteiger partial charge in [0.05, 0.1) is 5.69 Å². The summed E-state index contributed by atoms with van der Waals surface area (Å²) in [4.78, 5) is 10.8. The van der Waals surface area contributed by atoms with Gasteiger partial charge in [-0.1, -0.05) is 5.16 Å². The number of oxime groups is 1. The number of amides is 1. The molecule has 7 heteroatoms. The van der Waals surface area contributed by atoms with Crippen molar-refractivity contribution in [3.8, 4) is 0 Å². The van der Waals surface area contributed by atoms with Crippen molar-refractivity contribution in [3.05, 3.63) is 29.6 Å². The first-order valence-corrected chi connectivity index (χ1v) is 3.67. The zero-order chi connectivity index (χ0) is 11.4. The Balaban J connectivity index is 2.99. The summed E-state index contributed by atoms with van der Waals surface area (Å²) in [5.41, 5.74) is -0.669. The van der Waals surface area contributed by atoms with Gasteiger partial charge in [-0.15, -0.1) is 0 Å². The van der Waals surface area contributed by atoms with Crippen LogP contribution in [0, 0.1) is 17.5 Å². The largest absolute Gasteiger partial charge is 0.411 e. The minimum atomic E-state index is -1.42. The highest BCUT2D eigenvalue weighted by atomic mass is 19.2. The highest BCUT2D eigenvalue weighted by molar-refractivity contribution is 6.31. The molecule has 0 aromatic heterocycles. The van der Waals surface area contributed by atoms with Crippen molar-refractivity contribution in [1.82, 2.24) is 0 Å². The maximum Gasteiger partial charge on any atom is 0.270 e. The van der Waals surface area contributed by atoms with Crippen molar-refractivity contribution in [3.63, 3.8) is 0 Å². The Morgan fingerprint density at radius 3 is 2.67 bits per heavy atom. The maximum atomic E-state index is 12.9. The molecule has 0 saturated carbocycles. The van der Waals surface area contributed by atoms with E-state index in [1.165, 1.54) is 0 Å². The van der Waals surface area contributed by atoms with Crippen molar-refractivity contribution in [1.29, 1.82) is 0 Å². The zero-order valence-electron chi connectivity index (χ0n) is 7.17. The highest BCUT2D eigenvalue weighted by Crippen LogP contribution is 2.18. The number of anilines is 1. The van der Waals surface area contributed by atoms with E-state index in [1.807, 2.05) is 0 Å². The van der Waals surface area contributed by atoms with Gasteiger partial charge >= 0.3 is 0 Å². The van der Waals surface area contributed by atoms with Gasteiger partial charge in [-0.25, -0.2) is 13.2 Å². The summed E-state index contributed by atoms with van der Waals surface area (Å²) < 4.78 is 38.1. The fourth-order valence-electron chi connectivity index (χ4n) is 0.864.